The van der Waals surface area contributed by atoms with E-state index in [1.165, 1.54) is 11.6 Å². The number of aryl methyl sites for hydroxylation is 1. The summed E-state index contributed by atoms with van der Waals surface area (Å²) in [5, 5.41) is 33.8. The quantitative estimate of drug-likeness (QED) is 0.228. The lowest BCUT2D eigenvalue weighted by Gasteiger charge is -2.43. The number of aromatic hydroxyl groups is 3. The Morgan fingerprint density at radius 2 is 1.79 bits per heavy atom. The number of phenolic OH excluding ortho intramolecular Hbond substituents is 2. The van der Waals surface area contributed by atoms with Gasteiger partial charge in [0, 0.05) is 48.8 Å². The van der Waals surface area contributed by atoms with E-state index >= 15 is 0 Å². The van der Waals surface area contributed by atoms with E-state index in [0.717, 1.165) is 25.7 Å². The highest BCUT2D eigenvalue weighted by Crippen LogP contribution is 2.52. The van der Waals surface area contributed by atoms with Gasteiger partial charge >= 0.3 is 5.63 Å². The minimum absolute atomic E-state index is 0.0171. The number of fused-ring (bicyclic) bond motifs is 2. The van der Waals surface area contributed by atoms with Gasteiger partial charge in [0.05, 0.1) is 5.56 Å². The number of rotatable bonds is 7. The van der Waals surface area contributed by atoms with E-state index in [1.807, 2.05) is 20.8 Å². The van der Waals surface area contributed by atoms with E-state index in [-0.39, 0.29) is 63.9 Å². The molecule has 228 valence electrons. The highest BCUT2D eigenvalue weighted by molar-refractivity contribution is 6.02. The molecule has 0 saturated heterocycles. The first-order valence-electron chi connectivity index (χ1n) is 15.3. The summed E-state index contributed by atoms with van der Waals surface area (Å²) >= 11 is 0. The molecule has 4 rings (SSSR count). The Labute approximate surface area is 248 Å². The van der Waals surface area contributed by atoms with Crippen molar-refractivity contribution in [3.8, 4) is 23.0 Å². The van der Waals surface area contributed by atoms with Gasteiger partial charge in [0.25, 0.3) is 0 Å². The van der Waals surface area contributed by atoms with Crippen LogP contribution in [0.5, 0.6) is 23.0 Å². The molecular weight excluding hydrogens is 532 g/mol. The molecule has 0 unspecified atom stereocenters. The number of hydrogen-bond acceptors (Lipinski definition) is 7. The minimum atomic E-state index is -0.705. The summed E-state index contributed by atoms with van der Waals surface area (Å²) in [6, 6.07) is 1.43. The van der Waals surface area contributed by atoms with Crippen molar-refractivity contribution in [2.45, 2.75) is 111 Å². The van der Waals surface area contributed by atoms with E-state index in [4.69, 9.17) is 9.15 Å². The number of ketones is 1. The lowest BCUT2D eigenvalue weighted by Crippen LogP contribution is -2.45. The molecular formula is C35H46O7. The molecule has 2 aromatic rings. The van der Waals surface area contributed by atoms with Crippen molar-refractivity contribution in [1.82, 2.24) is 0 Å². The number of allylic oxidation sites excluding steroid dienone is 3. The number of hydrogen-bond donors (Lipinski definition) is 3. The second kappa shape index (κ2) is 12.4. The standard InChI is InChI=1S/C35H46O7/c1-7-10-23-19-28(37)24(33(40)41-23)20-26-31(39)29(27(36)11-8-2)30(38)25-18-22-13-12-21(3)14-17-34(4,5)15-9-16-35(22,6)42-32(25)26/h9,14-15,19,22,37-39H,7-8,10-13,16-18,20H2,1-6H3/b15-9+,21-14+/t22-,35+/m1/s1. The van der Waals surface area contributed by atoms with Crippen LogP contribution in [0.1, 0.15) is 119 Å². The fraction of sp³-hybridized carbons (Fsp3) is 0.543. The van der Waals surface area contributed by atoms with Crippen LogP contribution in [0.15, 0.2) is 39.1 Å². The third-order valence-electron chi connectivity index (χ3n) is 8.88. The molecule has 0 spiro atoms. The van der Waals surface area contributed by atoms with Gasteiger partial charge in [0.1, 0.15) is 39.9 Å². The van der Waals surface area contributed by atoms with Gasteiger partial charge in [-0.05, 0) is 57.8 Å². The Balaban J connectivity index is 1.89. The van der Waals surface area contributed by atoms with Crippen LogP contribution >= 0.6 is 0 Å². The Bertz CT molecular complexity index is 1460. The maximum Gasteiger partial charge on any atom is 0.343 e. The highest BCUT2D eigenvalue weighted by Gasteiger charge is 2.44. The summed E-state index contributed by atoms with van der Waals surface area (Å²) in [7, 11) is 0. The number of carbonyl (C=O) groups is 1. The zero-order chi connectivity index (χ0) is 30.8. The van der Waals surface area contributed by atoms with Crippen LogP contribution in [-0.4, -0.2) is 26.7 Å². The maximum atomic E-state index is 13.2. The van der Waals surface area contributed by atoms with Crippen LogP contribution < -0.4 is 10.4 Å². The molecule has 42 heavy (non-hydrogen) atoms. The summed E-state index contributed by atoms with van der Waals surface area (Å²) in [5.41, 5.74) is 0.365. The van der Waals surface area contributed by atoms with Crippen molar-refractivity contribution in [2.24, 2.45) is 11.3 Å². The number of ether oxygens (including phenoxy) is 1. The molecule has 3 N–H and O–H groups in total. The Kier molecular flexibility index (Phi) is 9.29. The number of benzene rings is 1. The Morgan fingerprint density at radius 1 is 1.05 bits per heavy atom. The summed E-state index contributed by atoms with van der Waals surface area (Å²) < 4.78 is 12.2. The van der Waals surface area contributed by atoms with Gasteiger partial charge in [-0.15, -0.1) is 0 Å². The lowest BCUT2D eigenvalue weighted by molar-refractivity contribution is 0.00625. The van der Waals surface area contributed by atoms with E-state index < -0.39 is 17.0 Å². The molecule has 7 heteroatoms. The van der Waals surface area contributed by atoms with Crippen LogP contribution in [0.4, 0.5) is 0 Å². The first-order valence-corrected chi connectivity index (χ1v) is 15.3. The molecule has 2 atom stereocenters. The monoisotopic (exact) mass is 578 g/mol. The first kappa shape index (κ1) is 31.5. The number of phenols is 2. The summed E-state index contributed by atoms with van der Waals surface area (Å²) in [4.78, 5) is 26.2. The number of carbonyl (C=O) groups excluding carboxylic acids is 1. The highest BCUT2D eigenvalue weighted by atomic mass is 16.5. The molecule has 1 aliphatic carbocycles. The fourth-order valence-electron chi connectivity index (χ4n) is 6.18. The Morgan fingerprint density at radius 3 is 2.45 bits per heavy atom. The van der Waals surface area contributed by atoms with Gasteiger partial charge in [0.2, 0.25) is 0 Å². The SMILES string of the molecule is CCCC(=O)c1c(O)c(Cc2c(O)cc(CCC)oc2=O)c2c(c1O)C[C@H]1CC/C(C)=C/CC(C)(C)/C=C/C[C@]1(C)O2. The third-order valence-corrected chi connectivity index (χ3v) is 8.88. The topological polar surface area (TPSA) is 117 Å². The zero-order valence-electron chi connectivity index (χ0n) is 25.9. The zero-order valence-corrected chi connectivity index (χ0v) is 25.9. The summed E-state index contributed by atoms with van der Waals surface area (Å²) in [6.45, 7) is 12.4. The fourth-order valence-corrected chi connectivity index (χ4v) is 6.18. The van der Waals surface area contributed by atoms with E-state index in [2.05, 4.69) is 39.0 Å². The molecule has 7 nitrogen and oxygen atoms in total. The maximum absolute atomic E-state index is 13.2. The third kappa shape index (κ3) is 6.45. The van der Waals surface area contributed by atoms with Gasteiger partial charge in [-0.1, -0.05) is 51.5 Å². The van der Waals surface area contributed by atoms with E-state index in [9.17, 15) is 24.9 Å². The molecule has 0 bridgehead atoms. The molecule has 2 aliphatic rings. The molecule has 0 fully saturated rings. The van der Waals surface area contributed by atoms with Crippen LogP contribution in [0.3, 0.4) is 0 Å². The molecule has 0 saturated carbocycles. The molecule has 1 aromatic carbocycles. The van der Waals surface area contributed by atoms with Crippen molar-refractivity contribution >= 4 is 5.78 Å². The van der Waals surface area contributed by atoms with Crippen molar-refractivity contribution in [3.05, 3.63) is 68.3 Å². The van der Waals surface area contributed by atoms with Gasteiger partial charge in [-0.3, -0.25) is 4.79 Å². The molecule has 1 aromatic heterocycles. The first-order chi connectivity index (χ1) is 19.8. The molecule has 1 aliphatic heterocycles. The smallest absolute Gasteiger partial charge is 0.343 e. The average Bonchev–Trinajstić information content (AvgIpc) is 2.92. The predicted octanol–water partition coefficient (Wildman–Crippen LogP) is 7.70. The van der Waals surface area contributed by atoms with E-state index in [0.29, 0.717) is 37.0 Å². The average molecular weight is 579 g/mol. The van der Waals surface area contributed by atoms with Crippen LogP contribution in [0.2, 0.25) is 0 Å². The lowest BCUT2D eigenvalue weighted by atomic mass is 9.74. The minimum Gasteiger partial charge on any atom is -0.507 e. The van der Waals surface area contributed by atoms with E-state index in [1.54, 1.807) is 0 Å². The van der Waals surface area contributed by atoms with Crippen LogP contribution in [-0.2, 0) is 19.3 Å². The number of Topliss-reactive ketones (excluding diaryl/α,β-unsaturated/α-hetero) is 1. The molecule has 0 radical (unpaired) electrons. The van der Waals surface area contributed by atoms with Gasteiger partial charge < -0.3 is 24.5 Å². The largest absolute Gasteiger partial charge is 0.507 e. The van der Waals surface area contributed by atoms with Crippen molar-refractivity contribution < 1.29 is 29.3 Å². The van der Waals surface area contributed by atoms with Gasteiger partial charge in [-0.25, -0.2) is 4.79 Å². The molecule has 0 amide bonds. The van der Waals surface area contributed by atoms with Crippen LogP contribution in [0.25, 0.3) is 0 Å². The Hall–Kier alpha value is -3.48. The van der Waals surface area contributed by atoms with Crippen LogP contribution in [0, 0.1) is 11.3 Å². The van der Waals surface area contributed by atoms with Crippen molar-refractivity contribution in [1.29, 1.82) is 0 Å². The van der Waals surface area contributed by atoms with Gasteiger partial charge in [-0.2, -0.15) is 0 Å². The second-order valence-corrected chi connectivity index (χ2v) is 13.0. The molecule has 2 heterocycles. The van der Waals surface area contributed by atoms with Gasteiger partial charge in [0.15, 0.2) is 5.78 Å². The summed E-state index contributed by atoms with van der Waals surface area (Å²) in [6.07, 6.45) is 12.1. The second-order valence-electron chi connectivity index (χ2n) is 13.0. The van der Waals surface area contributed by atoms with Crippen molar-refractivity contribution in [3.63, 3.8) is 0 Å². The normalized spacial score (nSPS) is 23.9. The summed E-state index contributed by atoms with van der Waals surface area (Å²) in [5.74, 6) is -0.644. The predicted molar refractivity (Wildman–Crippen MR) is 164 cm³/mol. The van der Waals surface area contributed by atoms with Crippen molar-refractivity contribution in [2.75, 3.05) is 0 Å².